The smallest absolute Gasteiger partial charge is 0.407 e. The van der Waals surface area contributed by atoms with E-state index in [4.69, 9.17) is 9.47 Å². The molecule has 1 saturated carbocycles. The Balaban J connectivity index is 1.09. The first-order valence-corrected chi connectivity index (χ1v) is 12.2. The van der Waals surface area contributed by atoms with Gasteiger partial charge >= 0.3 is 12.1 Å². The van der Waals surface area contributed by atoms with Crippen molar-refractivity contribution in [2.24, 2.45) is 11.8 Å². The molecule has 1 unspecified atom stereocenters. The zero-order valence-electron chi connectivity index (χ0n) is 19.7. The summed E-state index contributed by atoms with van der Waals surface area (Å²) in [6.07, 6.45) is 2.51. The van der Waals surface area contributed by atoms with Crippen molar-refractivity contribution in [3.63, 3.8) is 0 Å². The molecule has 186 valence electrons. The van der Waals surface area contributed by atoms with Crippen molar-refractivity contribution in [3.05, 3.63) is 59.7 Å². The van der Waals surface area contributed by atoms with Gasteiger partial charge in [-0.1, -0.05) is 55.0 Å². The molecule has 0 spiro atoms. The molecule has 2 amide bonds. The molecule has 1 atom stereocenters. The molecule has 2 aliphatic carbocycles. The van der Waals surface area contributed by atoms with E-state index in [9.17, 15) is 19.5 Å². The van der Waals surface area contributed by atoms with Crippen LogP contribution >= 0.6 is 0 Å². The van der Waals surface area contributed by atoms with Crippen LogP contribution in [-0.4, -0.2) is 56.0 Å². The summed E-state index contributed by atoms with van der Waals surface area (Å²) in [5.74, 6) is -1.44. The van der Waals surface area contributed by atoms with Crippen LogP contribution in [0.15, 0.2) is 48.5 Å². The van der Waals surface area contributed by atoms with Crippen molar-refractivity contribution in [2.45, 2.75) is 31.6 Å². The zero-order chi connectivity index (χ0) is 24.6. The van der Waals surface area contributed by atoms with Gasteiger partial charge in [0, 0.05) is 25.4 Å². The van der Waals surface area contributed by atoms with Gasteiger partial charge in [0.05, 0.1) is 19.1 Å². The molecule has 0 aromatic heterocycles. The second-order valence-corrected chi connectivity index (χ2v) is 9.05. The molecule has 0 aliphatic heterocycles. The predicted octanol–water partition coefficient (Wildman–Crippen LogP) is 3.55. The maximum atomic E-state index is 12.2. The number of hydrogen-bond acceptors (Lipinski definition) is 5. The van der Waals surface area contributed by atoms with E-state index in [1.807, 2.05) is 24.3 Å². The van der Waals surface area contributed by atoms with E-state index in [-0.39, 0.29) is 57.1 Å². The summed E-state index contributed by atoms with van der Waals surface area (Å²) in [6, 6.07) is 16.3. The third-order valence-electron chi connectivity index (χ3n) is 6.89. The van der Waals surface area contributed by atoms with Gasteiger partial charge in [0.1, 0.15) is 6.61 Å². The van der Waals surface area contributed by atoms with E-state index in [2.05, 4.69) is 34.9 Å². The first-order chi connectivity index (χ1) is 17.0. The molecular formula is C27H32N2O6. The molecule has 8 heteroatoms. The summed E-state index contributed by atoms with van der Waals surface area (Å²) in [7, 11) is 0. The topological polar surface area (TPSA) is 114 Å². The third kappa shape index (κ3) is 6.19. The van der Waals surface area contributed by atoms with E-state index in [1.165, 1.54) is 11.1 Å². The number of alkyl carbamates (subject to hydrolysis) is 1. The van der Waals surface area contributed by atoms with Gasteiger partial charge < -0.3 is 25.2 Å². The van der Waals surface area contributed by atoms with E-state index in [1.54, 1.807) is 0 Å². The van der Waals surface area contributed by atoms with Crippen LogP contribution in [0.1, 0.15) is 42.7 Å². The molecular weight excluding hydrogens is 448 g/mol. The Labute approximate surface area is 205 Å². The van der Waals surface area contributed by atoms with E-state index < -0.39 is 18.0 Å². The highest BCUT2D eigenvalue weighted by Gasteiger charge is 2.32. The van der Waals surface area contributed by atoms with Crippen LogP contribution in [0.4, 0.5) is 4.79 Å². The fraction of sp³-hybridized carbons (Fsp3) is 0.444. The van der Waals surface area contributed by atoms with Crippen LogP contribution in [0.2, 0.25) is 0 Å². The Hall–Kier alpha value is -3.39. The Bertz CT molecular complexity index is 1010. The molecule has 3 N–H and O–H groups in total. The molecule has 1 fully saturated rings. The van der Waals surface area contributed by atoms with Crippen LogP contribution in [0.5, 0.6) is 0 Å². The van der Waals surface area contributed by atoms with Crippen molar-refractivity contribution < 1.29 is 29.0 Å². The Kier molecular flexibility index (Phi) is 8.36. The maximum Gasteiger partial charge on any atom is 0.407 e. The number of carboxylic acids is 1. The highest BCUT2D eigenvalue weighted by molar-refractivity contribution is 5.79. The van der Waals surface area contributed by atoms with Crippen LogP contribution in [0.3, 0.4) is 0 Å². The number of aliphatic carboxylic acids is 1. The largest absolute Gasteiger partial charge is 0.481 e. The number of nitrogens with one attached hydrogen (secondary N) is 2. The maximum absolute atomic E-state index is 12.2. The van der Waals surface area contributed by atoms with E-state index in [0.29, 0.717) is 0 Å². The van der Waals surface area contributed by atoms with Gasteiger partial charge in [-0.15, -0.1) is 0 Å². The van der Waals surface area contributed by atoms with Crippen LogP contribution in [0.25, 0.3) is 11.1 Å². The number of amides is 2. The molecule has 8 nitrogen and oxygen atoms in total. The van der Waals surface area contributed by atoms with Crippen molar-refractivity contribution >= 4 is 18.0 Å². The number of carbonyl (C=O) groups excluding carboxylic acids is 2. The van der Waals surface area contributed by atoms with Gasteiger partial charge in [0.15, 0.2) is 0 Å². The third-order valence-corrected chi connectivity index (χ3v) is 6.89. The average molecular weight is 481 g/mol. The van der Waals surface area contributed by atoms with Crippen molar-refractivity contribution in [2.75, 3.05) is 32.9 Å². The lowest BCUT2D eigenvalue weighted by Crippen LogP contribution is -2.39. The normalized spacial score (nSPS) is 15.4. The van der Waals surface area contributed by atoms with Gasteiger partial charge in [-0.25, -0.2) is 4.79 Å². The molecule has 2 aromatic carbocycles. The standard InChI is InChI=1S/C27H32N2O6/c30-25(29-16-23(26(31)32)18-6-5-7-18)12-14-34-15-13-28-27(33)35-17-24-21-10-3-1-8-19(21)20-9-2-4-11-22(20)24/h1-4,8-11,18,23-24H,5-7,12-17H2,(H,28,33)(H,29,30)(H,31,32). The fourth-order valence-electron chi connectivity index (χ4n) is 4.75. The lowest BCUT2D eigenvalue weighted by molar-refractivity contribution is -0.144. The number of rotatable bonds is 12. The monoisotopic (exact) mass is 480 g/mol. The second-order valence-electron chi connectivity index (χ2n) is 9.05. The minimum atomic E-state index is -0.856. The van der Waals surface area contributed by atoms with Crippen molar-refractivity contribution in [1.82, 2.24) is 10.6 Å². The quantitative estimate of drug-likeness (QED) is 0.401. The number of carbonyl (C=O) groups is 3. The van der Waals surface area contributed by atoms with Gasteiger partial charge in [-0.2, -0.15) is 0 Å². The zero-order valence-corrected chi connectivity index (χ0v) is 19.7. The molecule has 35 heavy (non-hydrogen) atoms. The van der Waals surface area contributed by atoms with Gasteiger partial charge in [0.25, 0.3) is 0 Å². The summed E-state index contributed by atoms with van der Waals surface area (Å²) >= 11 is 0. The molecule has 2 aliphatic rings. The highest BCUT2D eigenvalue weighted by atomic mass is 16.5. The lowest BCUT2D eigenvalue weighted by Gasteiger charge is -2.31. The highest BCUT2D eigenvalue weighted by Crippen LogP contribution is 2.44. The minimum Gasteiger partial charge on any atom is -0.481 e. The molecule has 0 radical (unpaired) electrons. The molecule has 0 bridgehead atoms. The number of carboxylic acid groups (broad SMARTS) is 1. The van der Waals surface area contributed by atoms with Crippen molar-refractivity contribution in [1.29, 1.82) is 0 Å². The van der Waals surface area contributed by atoms with Crippen LogP contribution in [0, 0.1) is 11.8 Å². The Morgan fingerprint density at radius 3 is 2.20 bits per heavy atom. The molecule has 0 heterocycles. The van der Waals surface area contributed by atoms with Gasteiger partial charge in [0.2, 0.25) is 5.91 Å². The number of hydrogen-bond donors (Lipinski definition) is 3. The minimum absolute atomic E-state index is 0.00734. The summed E-state index contributed by atoms with van der Waals surface area (Å²) < 4.78 is 10.9. The van der Waals surface area contributed by atoms with Gasteiger partial charge in [-0.05, 0) is 41.0 Å². The Morgan fingerprint density at radius 1 is 0.943 bits per heavy atom. The second kappa shape index (κ2) is 11.8. The van der Waals surface area contributed by atoms with E-state index >= 15 is 0 Å². The SMILES string of the molecule is O=C(CCOCCNC(=O)OCC1c2ccccc2-c2ccccc21)NCC(C(=O)O)C1CCC1. The molecule has 0 saturated heterocycles. The molecule has 4 rings (SSSR count). The summed E-state index contributed by atoms with van der Waals surface area (Å²) in [5, 5.41) is 14.7. The summed E-state index contributed by atoms with van der Waals surface area (Å²) in [4.78, 5) is 35.4. The fourth-order valence-corrected chi connectivity index (χ4v) is 4.75. The number of benzene rings is 2. The van der Waals surface area contributed by atoms with Crippen molar-refractivity contribution in [3.8, 4) is 11.1 Å². The number of fused-ring (bicyclic) bond motifs is 3. The summed E-state index contributed by atoms with van der Waals surface area (Å²) in [6.45, 7) is 1.11. The predicted molar refractivity (Wildman–Crippen MR) is 130 cm³/mol. The number of ether oxygens (including phenoxy) is 2. The summed E-state index contributed by atoms with van der Waals surface area (Å²) in [5.41, 5.74) is 4.67. The molecule has 2 aromatic rings. The Morgan fingerprint density at radius 2 is 1.60 bits per heavy atom. The van der Waals surface area contributed by atoms with Crippen LogP contribution < -0.4 is 10.6 Å². The van der Waals surface area contributed by atoms with Crippen LogP contribution in [-0.2, 0) is 19.1 Å². The first kappa shape index (κ1) is 24.7. The average Bonchev–Trinajstić information content (AvgIpc) is 3.15. The lowest BCUT2D eigenvalue weighted by atomic mass is 9.76. The first-order valence-electron chi connectivity index (χ1n) is 12.2. The van der Waals surface area contributed by atoms with E-state index in [0.717, 1.165) is 30.4 Å². The van der Waals surface area contributed by atoms with Gasteiger partial charge in [-0.3, -0.25) is 9.59 Å².